The third-order valence-corrected chi connectivity index (χ3v) is 3.14. The van der Waals surface area contributed by atoms with Gasteiger partial charge in [0.1, 0.15) is 0 Å². The molecule has 0 radical (unpaired) electrons. The number of benzene rings is 1. The molecule has 0 spiro atoms. The summed E-state index contributed by atoms with van der Waals surface area (Å²) in [6.45, 7) is 3.38. The van der Waals surface area contributed by atoms with Crippen molar-refractivity contribution in [1.29, 1.82) is 0 Å². The molecule has 1 rings (SSSR count). The first-order valence-corrected chi connectivity index (χ1v) is 5.03. The van der Waals surface area contributed by atoms with E-state index in [1.807, 2.05) is 0 Å². The van der Waals surface area contributed by atoms with Crippen LogP contribution in [0.3, 0.4) is 0 Å². The van der Waals surface area contributed by atoms with Gasteiger partial charge in [0, 0.05) is 5.69 Å². The second kappa shape index (κ2) is 3.47. The van der Waals surface area contributed by atoms with Crippen molar-refractivity contribution in [2.24, 2.45) is 0 Å². The van der Waals surface area contributed by atoms with E-state index in [9.17, 15) is 4.21 Å². The first-order chi connectivity index (χ1) is 5.96. The Morgan fingerprint density at radius 2 is 1.92 bits per heavy atom. The van der Waals surface area contributed by atoms with Gasteiger partial charge in [0.05, 0.1) is 4.75 Å². The molecule has 0 fully saturated rings. The van der Waals surface area contributed by atoms with E-state index in [1.165, 1.54) is 0 Å². The third-order valence-electron chi connectivity index (χ3n) is 2.05. The van der Waals surface area contributed by atoms with Gasteiger partial charge in [-0.05, 0) is 25.5 Å². The summed E-state index contributed by atoms with van der Waals surface area (Å²) in [6, 6.07) is 7.10. The highest BCUT2D eigenvalue weighted by Crippen LogP contribution is 2.30. The molecule has 3 nitrogen and oxygen atoms in total. The van der Waals surface area contributed by atoms with Crippen LogP contribution in [0, 0.1) is 0 Å². The molecule has 0 heterocycles. The molecule has 1 aromatic rings. The number of nitrogens with two attached hydrogens (primary N) is 1. The van der Waals surface area contributed by atoms with Crippen molar-refractivity contribution in [3.63, 3.8) is 0 Å². The van der Waals surface area contributed by atoms with Crippen LogP contribution in [0.15, 0.2) is 24.3 Å². The molecule has 0 bridgehead atoms. The molecule has 13 heavy (non-hydrogen) atoms. The van der Waals surface area contributed by atoms with Crippen LogP contribution < -0.4 is 5.73 Å². The van der Waals surface area contributed by atoms with Gasteiger partial charge in [0.15, 0.2) is 11.1 Å². The lowest BCUT2D eigenvalue weighted by molar-refractivity contribution is 0.524. The predicted octanol–water partition coefficient (Wildman–Crippen LogP) is 1.73. The van der Waals surface area contributed by atoms with Crippen molar-refractivity contribution >= 4 is 16.8 Å². The fourth-order valence-corrected chi connectivity index (χ4v) is 1.51. The maximum Gasteiger partial charge on any atom is 0.163 e. The molecule has 0 amide bonds. The number of hydrogen-bond acceptors (Lipinski definition) is 2. The molecule has 4 heteroatoms. The van der Waals surface area contributed by atoms with Crippen molar-refractivity contribution in [3.05, 3.63) is 29.8 Å². The Morgan fingerprint density at radius 1 is 1.38 bits per heavy atom. The third kappa shape index (κ3) is 1.89. The van der Waals surface area contributed by atoms with Crippen LogP contribution in [0.1, 0.15) is 19.4 Å². The van der Waals surface area contributed by atoms with E-state index in [-0.39, 0.29) is 0 Å². The molecule has 0 saturated heterocycles. The first kappa shape index (κ1) is 10.2. The minimum absolute atomic E-state index is 0.551. The second-order valence-electron chi connectivity index (χ2n) is 3.35. The van der Waals surface area contributed by atoms with Crippen LogP contribution >= 0.6 is 0 Å². The van der Waals surface area contributed by atoms with Gasteiger partial charge in [-0.15, -0.1) is 0 Å². The standard InChI is InChI=1S/C9H13NO2S/c1-9(2,13(11)12)7-5-3-4-6-8(7)10/h3-6H,10H2,1-2H3,(H,11,12). The van der Waals surface area contributed by atoms with Gasteiger partial charge in [0.2, 0.25) is 0 Å². The molecule has 72 valence electrons. The Hall–Kier alpha value is -0.870. The Labute approximate surface area is 80.2 Å². The van der Waals surface area contributed by atoms with Crippen molar-refractivity contribution in [1.82, 2.24) is 0 Å². The average molecular weight is 199 g/mol. The van der Waals surface area contributed by atoms with E-state index in [0.717, 1.165) is 0 Å². The molecule has 1 aromatic carbocycles. The van der Waals surface area contributed by atoms with E-state index in [4.69, 9.17) is 10.3 Å². The molecule has 0 aliphatic rings. The summed E-state index contributed by atoms with van der Waals surface area (Å²) in [6.07, 6.45) is 0. The summed E-state index contributed by atoms with van der Waals surface area (Å²) in [4.78, 5) is 0. The monoisotopic (exact) mass is 199 g/mol. The highest BCUT2D eigenvalue weighted by molar-refractivity contribution is 7.80. The van der Waals surface area contributed by atoms with Crippen LogP contribution in [-0.4, -0.2) is 8.76 Å². The maximum absolute atomic E-state index is 11.0. The number of nitrogen functional groups attached to an aromatic ring is 1. The minimum atomic E-state index is -1.92. The Morgan fingerprint density at radius 3 is 2.38 bits per heavy atom. The molecule has 3 N–H and O–H groups in total. The molecule has 0 saturated carbocycles. The highest BCUT2D eigenvalue weighted by Gasteiger charge is 2.28. The minimum Gasteiger partial charge on any atom is -0.398 e. The summed E-state index contributed by atoms with van der Waals surface area (Å²) in [5, 5.41) is 0. The van der Waals surface area contributed by atoms with E-state index in [0.29, 0.717) is 11.3 Å². The zero-order valence-corrected chi connectivity index (χ0v) is 8.47. The van der Waals surface area contributed by atoms with Crippen LogP contribution in [0.2, 0.25) is 0 Å². The highest BCUT2D eigenvalue weighted by atomic mass is 32.2. The first-order valence-electron chi connectivity index (χ1n) is 3.92. The van der Waals surface area contributed by atoms with Crippen molar-refractivity contribution in [3.8, 4) is 0 Å². The molecule has 1 atom stereocenters. The van der Waals surface area contributed by atoms with Crippen LogP contribution in [0.4, 0.5) is 5.69 Å². The predicted molar refractivity (Wildman–Crippen MR) is 54.7 cm³/mol. The van der Waals surface area contributed by atoms with Crippen LogP contribution in [0.5, 0.6) is 0 Å². The summed E-state index contributed by atoms with van der Waals surface area (Å²) in [7, 11) is 0. The Bertz CT molecular complexity index is 336. The lowest BCUT2D eigenvalue weighted by atomic mass is 10.0. The SMILES string of the molecule is CC(C)(c1ccccc1N)S(=O)O. The van der Waals surface area contributed by atoms with Gasteiger partial charge in [-0.3, -0.25) is 0 Å². The summed E-state index contributed by atoms with van der Waals surface area (Å²) >= 11 is -1.92. The zero-order chi connectivity index (χ0) is 10.1. The lowest BCUT2D eigenvalue weighted by Gasteiger charge is -2.22. The normalized spacial score (nSPS) is 14.1. The number of anilines is 1. The largest absolute Gasteiger partial charge is 0.398 e. The van der Waals surface area contributed by atoms with Gasteiger partial charge in [0.25, 0.3) is 0 Å². The van der Waals surface area contributed by atoms with Gasteiger partial charge >= 0.3 is 0 Å². The molecular formula is C9H13NO2S. The van der Waals surface area contributed by atoms with E-state index < -0.39 is 15.8 Å². The maximum atomic E-state index is 11.0. The topological polar surface area (TPSA) is 63.3 Å². The summed E-state index contributed by atoms with van der Waals surface area (Å²) in [5.74, 6) is 0. The van der Waals surface area contributed by atoms with Crippen molar-refractivity contribution in [2.75, 3.05) is 5.73 Å². The molecular weight excluding hydrogens is 186 g/mol. The van der Waals surface area contributed by atoms with E-state index >= 15 is 0 Å². The Kier molecular flexibility index (Phi) is 2.73. The number of para-hydroxylation sites is 1. The lowest BCUT2D eigenvalue weighted by Crippen LogP contribution is -2.24. The summed E-state index contributed by atoms with van der Waals surface area (Å²) in [5.41, 5.74) is 6.95. The van der Waals surface area contributed by atoms with Crippen molar-refractivity contribution in [2.45, 2.75) is 18.6 Å². The zero-order valence-electron chi connectivity index (χ0n) is 7.65. The molecule has 1 unspecified atom stereocenters. The molecule has 0 aliphatic carbocycles. The van der Waals surface area contributed by atoms with E-state index in [1.54, 1.807) is 38.1 Å². The smallest absolute Gasteiger partial charge is 0.163 e. The van der Waals surface area contributed by atoms with Gasteiger partial charge < -0.3 is 10.3 Å². The Balaban J connectivity index is 3.22. The summed E-state index contributed by atoms with van der Waals surface area (Å²) < 4.78 is 19.3. The van der Waals surface area contributed by atoms with Crippen molar-refractivity contribution < 1.29 is 8.76 Å². The fourth-order valence-electron chi connectivity index (χ4n) is 1.14. The van der Waals surface area contributed by atoms with Gasteiger partial charge in [-0.1, -0.05) is 18.2 Å². The average Bonchev–Trinajstić information content (AvgIpc) is 2.04. The molecule has 0 aromatic heterocycles. The quantitative estimate of drug-likeness (QED) is 0.563. The van der Waals surface area contributed by atoms with Gasteiger partial charge in [-0.25, -0.2) is 4.21 Å². The number of rotatable bonds is 2. The fraction of sp³-hybridized carbons (Fsp3) is 0.333. The molecule has 0 aliphatic heterocycles. The van der Waals surface area contributed by atoms with Crippen LogP contribution in [0.25, 0.3) is 0 Å². The van der Waals surface area contributed by atoms with E-state index in [2.05, 4.69) is 0 Å². The van der Waals surface area contributed by atoms with Crippen LogP contribution in [-0.2, 0) is 15.8 Å². The van der Waals surface area contributed by atoms with Gasteiger partial charge in [-0.2, -0.15) is 0 Å². The second-order valence-corrected chi connectivity index (χ2v) is 4.87. The number of hydrogen-bond donors (Lipinski definition) is 2.